The summed E-state index contributed by atoms with van der Waals surface area (Å²) in [6, 6.07) is 13.4. The van der Waals surface area contributed by atoms with Gasteiger partial charge in [-0.2, -0.15) is 5.10 Å². The first-order valence-electron chi connectivity index (χ1n) is 9.62. The Balaban J connectivity index is 1.77. The molecule has 1 heterocycles. The normalized spacial score (nSPS) is 10.7. The number of para-hydroxylation sites is 1. The molecule has 0 saturated carbocycles. The quantitative estimate of drug-likeness (QED) is 0.657. The van der Waals surface area contributed by atoms with Gasteiger partial charge >= 0.3 is 0 Å². The molecule has 0 radical (unpaired) electrons. The number of carbonyl (C=O) groups excluding carboxylic acids is 2. The molecular formula is C23H25ClN4O2. The van der Waals surface area contributed by atoms with Crippen molar-refractivity contribution in [3.05, 3.63) is 75.6 Å². The molecule has 1 aromatic heterocycles. The second kappa shape index (κ2) is 8.71. The second-order valence-electron chi connectivity index (χ2n) is 7.48. The molecule has 3 aromatic rings. The van der Waals surface area contributed by atoms with Crippen molar-refractivity contribution in [3.8, 4) is 5.69 Å². The molecule has 0 unspecified atom stereocenters. The fraction of sp³-hybridized carbons (Fsp3) is 0.261. The average molecular weight is 425 g/mol. The molecule has 0 fully saturated rings. The molecule has 0 spiro atoms. The van der Waals surface area contributed by atoms with Gasteiger partial charge in [0.05, 0.1) is 23.5 Å². The lowest BCUT2D eigenvalue weighted by molar-refractivity contribution is -0.116. The van der Waals surface area contributed by atoms with Gasteiger partial charge in [-0.05, 0) is 51.0 Å². The highest BCUT2D eigenvalue weighted by atomic mass is 35.5. The number of anilines is 1. The maximum Gasteiger partial charge on any atom is 0.259 e. The summed E-state index contributed by atoms with van der Waals surface area (Å²) in [6.07, 6.45) is 0. The van der Waals surface area contributed by atoms with E-state index in [1.165, 1.54) is 9.58 Å². The Kier molecular flexibility index (Phi) is 6.27. The molecule has 3 rings (SSSR count). The molecule has 0 aliphatic heterocycles. The van der Waals surface area contributed by atoms with Crippen molar-refractivity contribution in [1.29, 1.82) is 0 Å². The number of hydrogen-bond acceptors (Lipinski definition) is 3. The Morgan fingerprint density at radius 3 is 2.27 bits per heavy atom. The predicted molar refractivity (Wildman–Crippen MR) is 120 cm³/mol. The zero-order valence-corrected chi connectivity index (χ0v) is 18.5. The molecule has 6 nitrogen and oxygen atoms in total. The molecule has 1 N–H and O–H groups in total. The molecule has 0 saturated heterocycles. The van der Waals surface area contributed by atoms with E-state index in [-0.39, 0.29) is 23.5 Å². The maximum absolute atomic E-state index is 13.0. The number of carbonyl (C=O) groups is 2. The first-order chi connectivity index (χ1) is 14.2. The van der Waals surface area contributed by atoms with Gasteiger partial charge in [0.1, 0.15) is 5.15 Å². The Hall–Kier alpha value is -3.12. The number of amides is 2. The van der Waals surface area contributed by atoms with Crippen LogP contribution in [0.2, 0.25) is 5.15 Å². The Morgan fingerprint density at radius 2 is 1.67 bits per heavy atom. The van der Waals surface area contributed by atoms with Crippen LogP contribution in [0, 0.1) is 27.7 Å². The minimum absolute atomic E-state index is 0.0993. The standard InChI is InChI=1S/C23H25ClN4O2/c1-14-11-15(2)21(16(3)12-14)25-19(29)13-27(5)23(30)20-17(4)26-28(22(20)24)18-9-7-6-8-10-18/h6-12H,13H2,1-5H3,(H,25,29). The van der Waals surface area contributed by atoms with E-state index in [1.807, 2.05) is 63.2 Å². The molecule has 0 aliphatic rings. The van der Waals surface area contributed by atoms with Crippen molar-refractivity contribution in [2.24, 2.45) is 0 Å². The zero-order valence-electron chi connectivity index (χ0n) is 17.8. The average Bonchev–Trinajstić information content (AvgIpc) is 2.98. The van der Waals surface area contributed by atoms with Crippen molar-refractivity contribution < 1.29 is 9.59 Å². The number of rotatable bonds is 5. The highest BCUT2D eigenvalue weighted by Gasteiger charge is 2.25. The third-order valence-corrected chi connectivity index (χ3v) is 5.24. The molecule has 2 amide bonds. The van der Waals surface area contributed by atoms with Crippen LogP contribution in [0.1, 0.15) is 32.7 Å². The maximum atomic E-state index is 13.0. The molecule has 7 heteroatoms. The van der Waals surface area contributed by atoms with E-state index >= 15 is 0 Å². The number of benzene rings is 2. The highest BCUT2D eigenvalue weighted by Crippen LogP contribution is 2.25. The smallest absolute Gasteiger partial charge is 0.259 e. The minimum Gasteiger partial charge on any atom is -0.332 e. The van der Waals surface area contributed by atoms with Crippen molar-refractivity contribution in [1.82, 2.24) is 14.7 Å². The number of hydrogen-bond donors (Lipinski definition) is 1. The summed E-state index contributed by atoms with van der Waals surface area (Å²) in [5.74, 6) is -0.627. The van der Waals surface area contributed by atoms with Crippen LogP contribution in [-0.4, -0.2) is 40.1 Å². The number of likely N-dealkylation sites (N-methyl/N-ethyl adjacent to an activating group) is 1. The topological polar surface area (TPSA) is 67.2 Å². The van der Waals surface area contributed by atoms with E-state index in [1.54, 1.807) is 14.0 Å². The highest BCUT2D eigenvalue weighted by molar-refractivity contribution is 6.33. The van der Waals surface area contributed by atoms with Crippen LogP contribution >= 0.6 is 11.6 Å². The zero-order chi connectivity index (χ0) is 22.0. The lowest BCUT2D eigenvalue weighted by Gasteiger charge is -2.18. The van der Waals surface area contributed by atoms with E-state index in [4.69, 9.17) is 11.6 Å². The van der Waals surface area contributed by atoms with Crippen molar-refractivity contribution >= 4 is 29.1 Å². The van der Waals surface area contributed by atoms with Gasteiger partial charge in [0.2, 0.25) is 5.91 Å². The van der Waals surface area contributed by atoms with Crippen LogP contribution in [0.25, 0.3) is 5.69 Å². The number of aryl methyl sites for hydroxylation is 4. The largest absolute Gasteiger partial charge is 0.332 e. The minimum atomic E-state index is -0.354. The summed E-state index contributed by atoms with van der Waals surface area (Å²) in [7, 11) is 1.58. The van der Waals surface area contributed by atoms with E-state index in [9.17, 15) is 9.59 Å². The van der Waals surface area contributed by atoms with Gasteiger partial charge in [-0.15, -0.1) is 0 Å². The fourth-order valence-corrected chi connectivity index (χ4v) is 3.87. The van der Waals surface area contributed by atoms with E-state index in [0.29, 0.717) is 11.3 Å². The first-order valence-corrected chi connectivity index (χ1v) is 10.0. The van der Waals surface area contributed by atoms with Crippen molar-refractivity contribution in [2.45, 2.75) is 27.7 Å². The van der Waals surface area contributed by atoms with E-state index in [0.717, 1.165) is 28.1 Å². The summed E-state index contributed by atoms with van der Waals surface area (Å²) < 4.78 is 1.52. The third-order valence-electron chi connectivity index (χ3n) is 4.89. The van der Waals surface area contributed by atoms with Gasteiger partial charge in [-0.25, -0.2) is 4.68 Å². The number of aromatic nitrogens is 2. The second-order valence-corrected chi connectivity index (χ2v) is 7.84. The van der Waals surface area contributed by atoms with Crippen LogP contribution in [-0.2, 0) is 4.79 Å². The monoisotopic (exact) mass is 424 g/mol. The molecular weight excluding hydrogens is 400 g/mol. The van der Waals surface area contributed by atoms with Gasteiger partial charge in [0.15, 0.2) is 0 Å². The van der Waals surface area contributed by atoms with Crippen molar-refractivity contribution in [3.63, 3.8) is 0 Å². The van der Waals surface area contributed by atoms with Gasteiger partial charge in [-0.1, -0.05) is 47.5 Å². The van der Waals surface area contributed by atoms with Crippen LogP contribution in [0.15, 0.2) is 42.5 Å². The van der Waals surface area contributed by atoms with Crippen molar-refractivity contribution in [2.75, 3.05) is 18.9 Å². The lowest BCUT2D eigenvalue weighted by Crippen LogP contribution is -2.35. The van der Waals surface area contributed by atoms with Crippen LogP contribution < -0.4 is 5.32 Å². The Morgan fingerprint density at radius 1 is 1.07 bits per heavy atom. The lowest BCUT2D eigenvalue weighted by atomic mass is 10.1. The van der Waals surface area contributed by atoms with Crippen LogP contribution in [0.3, 0.4) is 0 Å². The van der Waals surface area contributed by atoms with E-state index in [2.05, 4.69) is 10.4 Å². The summed E-state index contributed by atoms with van der Waals surface area (Å²) in [6.45, 7) is 7.54. The summed E-state index contributed by atoms with van der Waals surface area (Å²) in [4.78, 5) is 26.9. The van der Waals surface area contributed by atoms with Crippen LogP contribution in [0.5, 0.6) is 0 Å². The number of nitrogens with one attached hydrogen (secondary N) is 1. The summed E-state index contributed by atoms with van der Waals surface area (Å²) in [5.41, 5.74) is 5.43. The summed E-state index contributed by atoms with van der Waals surface area (Å²) in [5, 5.41) is 7.54. The Labute approximate surface area is 181 Å². The third kappa shape index (κ3) is 4.39. The summed E-state index contributed by atoms with van der Waals surface area (Å²) >= 11 is 6.48. The van der Waals surface area contributed by atoms with E-state index < -0.39 is 0 Å². The number of halogens is 1. The molecule has 156 valence electrons. The Bertz CT molecular complexity index is 1080. The first kappa shape index (κ1) is 21.6. The molecule has 0 aliphatic carbocycles. The predicted octanol–water partition coefficient (Wildman–Crippen LogP) is 4.47. The fourth-order valence-electron chi connectivity index (χ4n) is 3.52. The van der Waals surface area contributed by atoms with Gasteiger partial charge in [0, 0.05) is 12.7 Å². The SMILES string of the molecule is Cc1cc(C)c(NC(=O)CN(C)C(=O)c2c(C)nn(-c3ccccc3)c2Cl)c(C)c1. The van der Waals surface area contributed by atoms with Gasteiger partial charge in [0.25, 0.3) is 5.91 Å². The molecule has 0 bridgehead atoms. The molecule has 2 aromatic carbocycles. The van der Waals surface area contributed by atoms with Gasteiger partial charge in [-0.3, -0.25) is 9.59 Å². The number of nitrogens with zero attached hydrogens (tertiary/aromatic N) is 3. The molecule has 30 heavy (non-hydrogen) atoms. The molecule has 0 atom stereocenters. The van der Waals surface area contributed by atoms with Gasteiger partial charge < -0.3 is 10.2 Å². The van der Waals surface area contributed by atoms with Crippen LogP contribution in [0.4, 0.5) is 5.69 Å².